The molecule has 1 aliphatic carbocycles. The molecule has 0 aliphatic heterocycles. The lowest BCUT2D eigenvalue weighted by molar-refractivity contribution is -0.128. The number of amides is 2. The van der Waals surface area contributed by atoms with Crippen LogP contribution in [0, 0.1) is 5.41 Å². The number of primary amides is 1. The fraction of sp³-hybridized carbons (Fsp3) is 0.500. The molecular formula is C10H14N4O2. The third-order valence-electron chi connectivity index (χ3n) is 2.84. The number of aromatic nitrogens is 2. The van der Waals surface area contributed by atoms with Crippen LogP contribution in [0.5, 0.6) is 0 Å². The molecule has 1 aromatic heterocycles. The molecule has 0 saturated heterocycles. The van der Waals surface area contributed by atoms with Crippen LogP contribution < -0.4 is 11.1 Å². The number of nitrogens with one attached hydrogen (secondary N) is 2. The van der Waals surface area contributed by atoms with E-state index in [1.165, 1.54) is 0 Å². The third-order valence-corrected chi connectivity index (χ3v) is 2.84. The predicted octanol–water partition coefficient (Wildman–Crippen LogP) is -0.666. The number of nitrogens with zero attached hydrogens (tertiary/aromatic N) is 1. The van der Waals surface area contributed by atoms with Crippen LogP contribution in [0.4, 0.5) is 0 Å². The molecule has 0 atom stereocenters. The summed E-state index contributed by atoms with van der Waals surface area (Å²) in [6.07, 6.45) is 5.62. The van der Waals surface area contributed by atoms with Crippen molar-refractivity contribution in [2.45, 2.75) is 19.3 Å². The van der Waals surface area contributed by atoms with Gasteiger partial charge in [0, 0.05) is 18.3 Å². The summed E-state index contributed by atoms with van der Waals surface area (Å²) in [5.41, 5.74) is 5.55. The van der Waals surface area contributed by atoms with E-state index in [-0.39, 0.29) is 17.9 Å². The molecule has 1 saturated carbocycles. The largest absolute Gasteiger partial charge is 0.368 e. The Morgan fingerprint density at radius 1 is 1.56 bits per heavy atom. The molecule has 0 radical (unpaired) electrons. The molecule has 4 N–H and O–H groups in total. The first kappa shape index (κ1) is 10.7. The van der Waals surface area contributed by atoms with Crippen molar-refractivity contribution in [1.82, 2.24) is 15.3 Å². The number of carbonyl (C=O) groups excluding carboxylic acids is 2. The minimum Gasteiger partial charge on any atom is -0.368 e. The zero-order chi connectivity index (χ0) is 11.6. The van der Waals surface area contributed by atoms with Gasteiger partial charge in [-0.3, -0.25) is 9.59 Å². The van der Waals surface area contributed by atoms with Crippen molar-refractivity contribution in [3.05, 3.63) is 18.2 Å². The Kier molecular flexibility index (Phi) is 2.64. The van der Waals surface area contributed by atoms with Crippen LogP contribution >= 0.6 is 0 Å². The van der Waals surface area contributed by atoms with Gasteiger partial charge in [-0.15, -0.1) is 0 Å². The maximum absolute atomic E-state index is 11.8. The average Bonchev–Trinajstić information content (AvgIpc) is 2.83. The van der Waals surface area contributed by atoms with Crippen molar-refractivity contribution in [2.24, 2.45) is 11.1 Å². The van der Waals surface area contributed by atoms with E-state index in [0.29, 0.717) is 6.42 Å². The van der Waals surface area contributed by atoms with Gasteiger partial charge in [-0.25, -0.2) is 4.98 Å². The monoisotopic (exact) mass is 222 g/mol. The highest BCUT2D eigenvalue weighted by Gasteiger charge is 2.49. The maximum Gasteiger partial charge on any atom is 0.236 e. The van der Waals surface area contributed by atoms with Crippen molar-refractivity contribution in [3.63, 3.8) is 0 Å². The van der Waals surface area contributed by atoms with E-state index in [1.54, 1.807) is 12.5 Å². The molecule has 2 rings (SSSR count). The van der Waals surface area contributed by atoms with Crippen molar-refractivity contribution < 1.29 is 9.59 Å². The Morgan fingerprint density at radius 3 is 2.81 bits per heavy atom. The molecule has 16 heavy (non-hydrogen) atoms. The molecule has 6 heteroatoms. The van der Waals surface area contributed by atoms with Crippen LogP contribution in [0.1, 0.15) is 18.5 Å². The molecule has 0 unspecified atom stereocenters. The molecule has 1 fully saturated rings. The smallest absolute Gasteiger partial charge is 0.236 e. The fourth-order valence-electron chi connectivity index (χ4n) is 1.74. The second kappa shape index (κ2) is 3.96. The van der Waals surface area contributed by atoms with E-state index >= 15 is 0 Å². The van der Waals surface area contributed by atoms with E-state index in [2.05, 4.69) is 15.3 Å². The highest BCUT2D eigenvalue weighted by atomic mass is 16.2. The highest BCUT2D eigenvalue weighted by Crippen LogP contribution is 2.48. The quantitative estimate of drug-likeness (QED) is 0.616. The predicted molar refractivity (Wildman–Crippen MR) is 56.2 cm³/mol. The third kappa shape index (κ3) is 2.21. The number of aromatic amines is 1. The Morgan fingerprint density at radius 2 is 2.31 bits per heavy atom. The van der Waals surface area contributed by atoms with Gasteiger partial charge in [-0.2, -0.15) is 0 Å². The summed E-state index contributed by atoms with van der Waals surface area (Å²) < 4.78 is 0. The number of rotatable bonds is 5. The molecule has 1 heterocycles. The van der Waals surface area contributed by atoms with Gasteiger partial charge >= 0.3 is 0 Å². The summed E-state index contributed by atoms with van der Waals surface area (Å²) in [6, 6.07) is 0. The van der Waals surface area contributed by atoms with Crippen LogP contribution in [0.3, 0.4) is 0 Å². The molecule has 1 aliphatic rings. The lowest BCUT2D eigenvalue weighted by atomic mass is 9.99. The summed E-state index contributed by atoms with van der Waals surface area (Å²) in [4.78, 5) is 29.2. The normalized spacial score (nSPS) is 16.8. The second-order valence-corrected chi connectivity index (χ2v) is 4.18. The van der Waals surface area contributed by atoms with Crippen molar-refractivity contribution >= 4 is 11.8 Å². The number of hydrogen-bond donors (Lipinski definition) is 3. The van der Waals surface area contributed by atoms with Gasteiger partial charge in [0.1, 0.15) is 0 Å². The molecule has 1 aromatic rings. The SMILES string of the molecule is NC(=O)CNC(=O)C1(Cc2cnc[nH]2)CC1. The standard InChI is InChI=1S/C10H14N4O2/c11-8(15)5-13-9(16)10(1-2-10)3-7-4-12-6-14-7/h4,6H,1-3,5H2,(H2,11,15)(H,12,14)(H,13,16). The van der Waals surface area contributed by atoms with Crippen LogP contribution in [0.2, 0.25) is 0 Å². The highest BCUT2D eigenvalue weighted by molar-refractivity contribution is 5.89. The number of imidazole rings is 1. The van der Waals surface area contributed by atoms with Crippen LogP contribution in [-0.2, 0) is 16.0 Å². The van der Waals surface area contributed by atoms with Crippen LogP contribution in [-0.4, -0.2) is 28.3 Å². The first-order valence-corrected chi connectivity index (χ1v) is 5.16. The van der Waals surface area contributed by atoms with Gasteiger partial charge in [-0.05, 0) is 12.8 Å². The van der Waals surface area contributed by atoms with Crippen LogP contribution in [0.25, 0.3) is 0 Å². The van der Waals surface area contributed by atoms with Crippen molar-refractivity contribution in [3.8, 4) is 0 Å². The van der Waals surface area contributed by atoms with Gasteiger partial charge in [0.25, 0.3) is 0 Å². The van der Waals surface area contributed by atoms with E-state index in [9.17, 15) is 9.59 Å². The molecule has 0 aromatic carbocycles. The maximum atomic E-state index is 11.8. The fourth-order valence-corrected chi connectivity index (χ4v) is 1.74. The number of carbonyl (C=O) groups is 2. The topological polar surface area (TPSA) is 101 Å². The average molecular weight is 222 g/mol. The van der Waals surface area contributed by atoms with Gasteiger partial charge in [-0.1, -0.05) is 0 Å². The number of hydrogen-bond acceptors (Lipinski definition) is 3. The Labute approximate surface area is 92.6 Å². The lowest BCUT2D eigenvalue weighted by Crippen LogP contribution is -2.38. The number of nitrogens with two attached hydrogens (primary N) is 1. The lowest BCUT2D eigenvalue weighted by Gasteiger charge is -2.13. The Balaban J connectivity index is 1.92. The molecule has 0 bridgehead atoms. The zero-order valence-corrected chi connectivity index (χ0v) is 8.82. The van der Waals surface area contributed by atoms with E-state index < -0.39 is 5.91 Å². The van der Waals surface area contributed by atoms with Gasteiger partial charge in [0.05, 0.1) is 18.3 Å². The summed E-state index contributed by atoms with van der Waals surface area (Å²) >= 11 is 0. The van der Waals surface area contributed by atoms with Gasteiger partial charge < -0.3 is 16.0 Å². The van der Waals surface area contributed by atoms with E-state index in [4.69, 9.17) is 5.73 Å². The summed E-state index contributed by atoms with van der Waals surface area (Å²) in [7, 11) is 0. The molecule has 86 valence electrons. The van der Waals surface area contributed by atoms with Gasteiger partial charge in [0.15, 0.2) is 0 Å². The van der Waals surface area contributed by atoms with Crippen molar-refractivity contribution in [1.29, 1.82) is 0 Å². The Hall–Kier alpha value is -1.85. The summed E-state index contributed by atoms with van der Waals surface area (Å²) in [6.45, 7) is -0.0937. The zero-order valence-electron chi connectivity index (χ0n) is 8.82. The molecule has 6 nitrogen and oxygen atoms in total. The summed E-state index contributed by atoms with van der Waals surface area (Å²) in [5.74, 6) is -0.619. The van der Waals surface area contributed by atoms with E-state index in [0.717, 1.165) is 18.5 Å². The van der Waals surface area contributed by atoms with Gasteiger partial charge in [0.2, 0.25) is 11.8 Å². The first-order valence-electron chi connectivity index (χ1n) is 5.16. The van der Waals surface area contributed by atoms with Crippen molar-refractivity contribution in [2.75, 3.05) is 6.54 Å². The minimum atomic E-state index is -0.523. The summed E-state index contributed by atoms with van der Waals surface area (Å²) in [5, 5.41) is 2.55. The molecular weight excluding hydrogens is 208 g/mol. The Bertz CT molecular complexity index is 395. The second-order valence-electron chi connectivity index (χ2n) is 4.18. The first-order chi connectivity index (χ1) is 7.62. The molecule has 2 amide bonds. The minimum absolute atomic E-state index is 0.0937. The van der Waals surface area contributed by atoms with Crippen LogP contribution in [0.15, 0.2) is 12.5 Å². The number of H-pyrrole nitrogens is 1. The molecule has 0 spiro atoms. The van der Waals surface area contributed by atoms with E-state index in [1.807, 2.05) is 0 Å².